The van der Waals surface area contributed by atoms with E-state index < -0.39 is 0 Å². The smallest absolute Gasteiger partial charge is 0.0488 e. The van der Waals surface area contributed by atoms with Crippen molar-refractivity contribution >= 4 is 35.0 Å². The molecule has 0 bridgehead atoms. The third-order valence-electron chi connectivity index (χ3n) is 3.36. The SMILES string of the molecule is CC1CSCCN1C(CN)c1ccc(Cl)cc1Cl. The number of benzene rings is 1. The Hall–Kier alpha value is 0.0700. The van der Waals surface area contributed by atoms with Gasteiger partial charge in [-0.05, 0) is 24.6 Å². The summed E-state index contributed by atoms with van der Waals surface area (Å²) in [6.07, 6.45) is 0. The summed E-state index contributed by atoms with van der Waals surface area (Å²) in [4.78, 5) is 2.45. The number of thioether (sulfide) groups is 1. The van der Waals surface area contributed by atoms with Crippen molar-refractivity contribution in [1.29, 1.82) is 0 Å². The summed E-state index contributed by atoms with van der Waals surface area (Å²) >= 11 is 14.2. The van der Waals surface area contributed by atoms with Gasteiger partial charge < -0.3 is 5.73 Å². The molecule has 2 nitrogen and oxygen atoms in total. The minimum absolute atomic E-state index is 0.186. The van der Waals surface area contributed by atoms with Crippen molar-refractivity contribution in [3.8, 4) is 0 Å². The van der Waals surface area contributed by atoms with E-state index in [1.165, 1.54) is 0 Å². The van der Waals surface area contributed by atoms with Gasteiger partial charge in [0.1, 0.15) is 0 Å². The Balaban J connectivity index is 2.26. The maximum atomic E-state index is 6.30. The third-order valence-corrected chi connectivity index (χ3v) is 5.12. The molecule has 18 heavy (non-hydrogen) atoms. The van der Waals surface area contributed by atoms with Gasteiger partial charge in [-0.2, -0.15) is 11.8 Å². The van der Waals surface area contributed by atoms with Gasteiger partial charge in [-0.3, -0.25) is 4.90 Å². The molecular formula is C13H18Cl2N2S. The fourth-order valence-electron chi connectivity index (χ4n) is 2.42. The molecule has 1 aromatic carbocycles. The molecule has 1 aliphatic rings. The summed E-state index contributed by atoms with van der Waals surface area (Å²) in [6, 6.07) is 6.39. The molecule has 0 radical (unpaired) electrons. The molecule has 2 atom stereocenters. The number of nitrogens with zero attached hydrogens (tertiary/aromatic N) is 1. The van der Waals surface area contributed by atoms with Crippen LogP contribution in [0.4, 0.5) is 0 Å². The Morgan fingerprint density at radius 2 is 2.28 bits per heavy atom. The lowest BCUT2D eigenvalue weighted by molar-refractivity contribution is 0.166. The molecule has 1 aliphatic heterocycles. The molecule has 5 heteroatoms. The Morgan fingerprint density at radius 3 is 2.89 bits per heavy atom. The van der Waals surface area contributed by atoms with Crippen LogP contribution in [-0.2, 0) is 0 Å². The van der Waals surface area contributed by atoms with Crippen LogP contribution in [0.3, 0.4) is 0 Å². The lowest BCUT2D eigenvalue weighted by atomic mass is 10.0. The minimum Gasteiger partial charge on any atom is -0.329 e. The summed E-state index contributed by atoms with van der Waals surface area (Å²) in [7, 11) is 0. The summed E-state index contributed by atoms with van der Waals surface area (Å²) in [5.41, 5.74) is 7.05. The van der Waals surface area contributed by atoms with Gasteiger partial charge in [-0.1, -0.05) is 29.3 Å². The Bertz CT molecular complexity index is 414. The van der Waals surface area contributed by atoms with Crippen molar-refractivity contribution in [2.75, 3.05) is 24.6 Å². The van der Waals surface area contributed by atoms with Crippen LogP contribution in [0.15, 0.2) is 18.2 Å². The average Bonchev–Trinajstić information content (AvgIpc) is 2.34. The first-order valence-corrected chi connectivity index (χ1v) is 8.03. The predicted molar refractivity (Wildman–Crippen MR) is 81.8 cm³/mol. The lowest BCUT2D eigenvalue weighted by Crippen LogP contribution is -2.45. The van der Waals surface area contributed by atoms with Crippen LogP contribution in [0.2, 0.25) is 10.0 Å². The van der Waals surface area contributed by atoms with E-state index in [4.69, 9.17) is 28.9 Å². The van der Waals surface area contributed by atoms with Crippen molar-refractivity contribution in [2.24, 2.45) is 5.73 Å². The number of halogens is 2. The number of hydrogen-bond acceptors (Lipinski definition) is 3. The van der Waals surface area contributed by atoms with Gasteiger partial charge in [0, 0.05) is 46.7 Å². The van der Waals surface area contributed by atoms with E-state index in [2.05, 4.69) is 11.8 Å². The highest BCUT2D eigenvalue weighted by Crippen LogP contribution is 2.32. The Labute approximate surface area is 123 Å². The number of rotatable bonds is 3. The molecule has 100 valence electrons. The highest BCUT2D eigenvalue weighted by Gasteiger charge is 2.27. The van der Waals surface area contributed by atoms with Crippen LogP contribution in [0.25, 0.3) is 0 Å². The zero-order valence-corrected chi connectivity index (χ0v) is 12.7. The minimum atomic E-state index is 0.186. The van der Waals surface area contributed by atoms with Gasteiger partial charge in [-0.15, -0.1) is 0 Å². The largest absolute Gasteiger partial charge is 0.329 e. The van der Waals surface area contributed by atoms with Crippen molar-refractivity contribution < 1.29 is 0 Å². The summed E-state index contributed by atoms with van der Waals surface area (Å²) < 4.78 is 0. The predicted octanol–water partition coefficient (Wildman–Crippen LogP) is 3.43. The Morgan fingerprint density at radius 1 is 1.50 bits per heavy atom. The van der Waals surface area contributed by atoms with E-state index in [0.717, 1.165) is 23.6 Å². The summed E-state index contributed by atoms with van der Waals surface area (Å²) in [6.45, 7) is 3.89. The lowest BCUT2D eigenvalue weighted by Gasteiger charge is -2.39. The molecule has 2 rings (SSSR count). The second-order valence-electron chi connectivity index (χ2n) is 4.58. The molecule has 0 amide bonds. The highest BCUT2D eigenvalue weighted by atomic mass is 35.5. The molecule has 1 heterocycles. The molecule has 1 aromatic rings. The first kappa shape index (κ1) is 14.5. The van der Waals surface area contributed by atoms with Crippen LogP contribution >= 0.6 is 35.0 Å². The Kier molecular flexibility index (Phi) is 5.22. The fourth-order valence-corrected chi connectivity index (χ4v) is 3.99. The van der Waals surface area contributed by atoms with E-state index in [0.29, 0.717) is 22.6 Å². The molecule has 2 unspecified atom stereocenters. The van der Waals surface area contributed by atoms with E-state index in [9.17, 15) is 0 Å². The standard InChI is InChI=1S/C13H18Cl2N2S/c1-9-8-18-5-4-17(9)13(7-16)11-3-2-10(14)6-12(11)15/h2-3,6,9,13H,4-5,7-8,16H2,1H3. The highest BCUT2D eigenvalue weighted by molar-refractivity contribution is 7.99. The van der Waals surface area contributed by atoms with E-state index in [1.54, 1.807) is 6.07 Å². The normalized spacial score (nSPS) is 23.0. The second kappa shape index (κ2) is 6.49. The van der Waals surface area contributed by atoms with E-state index >= 15 is 0 Å². The molecule has 1 saturated heterocycles. The fraction of sp³-hybridized carbons (Fsp3) is 0.538. The zero-order chi connectivity index (χ0) is 13.1. The van der Waals surface area contributed by atoms with Gasteiger partial charge in [0.15, 0.2) is 0 Å². The van der Waals surface area contributed by atoms with Gasteiger partial charge >= 0.3 is 0 Å². The number of nitrogens with two attached hydrogens (primary N) is 1. The number of hydrogen-bond donors (Lipinski definition) is 1. The first-order valence-electron chi connectivity index (χ1n) is 6.12. The maximum absolute atomic E-state index is 6.30. The molecular weight excluding hydrogens is 287 g/mol. The van der Waals surface area contributed by atoms with Crippen molar-refractivity contribution in [3.63, 3.8) is 0 Å². The van der Waals surface area contributed by atoms with E-state index in [-0.39, 0.29) is 6.04 Å². The second-order valence-corrected chi connectivity index (χ2v) is 6.57. The van der Waals surface area contributed by atoms with Gasteiger partial charge in [0.2, 0.25) is 0 Å². The molecule has 0 aliphatic carbocycles. The summed E-state index contributed by atoms with van der Waals surface area (Å²) in [5, 5.41) is 1.38. The average molecular weight is 305 g/mol. The monoisotopic (exact) mass is 304 g/mol. The van der Waals surface area contributed by atoms with Crippen molar-refractivity contribution in [2.45, 2.75) is 19.0 Å². The van der Waals surface area contributed by atoms with Crippen LogP contribution in [0.5, 0.6) is 0 Å². The molecule has 2 N–H and O–H groups in total. The summed E-state index contributed by atoms with van der Waals surface area (Å²) in [5.74, 6) is 2.31. The molecule has 0 saturated carbocycles. The van der Waals surface area contributed by atoms with Gasteiger partial charge in [0.25, 0.3) is 0 Å². The van der Waals surface area contributed by atoms with Gasteiger partial charge in [0.05, 0.1) is 0 Å². The third kappa shape index (κ3) is 3.14. The quantitative estimate of drug-likeness (QED) is 0.927. The van der Waals surface area contributed by atoms with Gasteiger partial charge in [-0.25, -0.2) is 0 Å². The van der Waals surface area contributed by atoms with Crippen LogP contribution < -0.4 is 5.73 Å². The topological polar surface area (TPSA) is 29.3 Å². The molecule has 0 spiro atoms. The van der Waals surface area contributed by atoms with Crippen molar-refractivity contribution in [1.82, 2.24) is 4.90 Å². The van der Waals surface area contributed by atoms with Crippen LogP contribution in [0, 0.1) is 0 Å². The molecule has 1 fully saturated rings. The van der Waals surface area contributed by atoms with E-state index in [1.807, 2.05) is 23.9 Å². The van der Waals surface area contributed by atoms with Crippen LogP contribution in [0.1, 0.15) is 18.5 Å². The van der Waals surface area contributed by atoms with Crippen LogP contribution in [-0.4, -0.2) is 35.5 Å². The zero-order valence-electron chi connectivity index (χ0n) is 10.4. The van der Waals surface area contributed by atoms with Crippen molar-refractivity contribution in [3.05, 3.63) is 33.8 Å². The molecule has 0 aromatic heterocycles. The maximum Gasteiger partial charge on any atom is 0.0488 e. The first-order chi connectivity index (χ1) is 8.63.